The Morgan fingerprint density at radius 2 is 1.00 bits per heavy atom. The molecule has 0 aromatic rings. The fourth-order valence-electron chi connectivity index (χ4n) is 0.437. The Labute approximate surface area is 108 Å². The summed E-state index contributed by atoms with van der Waals surface area (Å²) in [6.45, 7) is 3.07. The molecule has 2 nitrogen and oxygen atoms in total. The van der Waals surface area contributed by atoms with Gasteiger partial charge in [-0.1, -0.05) is 13.8 Å². The first kappa shape index (κ1) is 19.9. The van der Waals surface area contributed by atoms with Crippen LogP contribution in [0.2, 0.25) is 0 Å². The molecule has 0 atom stereocenters. The summed E-state index contributed by atoms with van der Waals surface area (Å²) in [6.07, 6.45) is -9.11. The lowest BCUT2D eigenvalue weighted by Crippen LogP contribution is -2.19. The third-order valence-electron chi connectivity index (χ3n) is 1.05. The Kier molecular flexibility index (Phi) is 9.61. The summed E-state index contributed by atoms with van der Waals surface area (Å²) in [5.74, 6) is 0.455. The van der Waals surface area contributed by atoms with Crippen molar-refractivity contribution < 1.29 is 35.9 Å². The van der Waals surface area contributed by atoms with Crippen molar-refractivity contribution >= 4 is 33.8 Å². The van der Waals surface area contributed by atoms with E-state index >= 15 is 0 Å². The lowest BCUT2D eigenvalue weighted by atomic mass is 10.8. The molecule has 0 aliphatic heterocycles. The predicted octanol–water partition coefficient (Wildman–Crippen LogP) is 3.61. The van der Waals surface area contributed by atoms with E-state index < -0.39 is 22.6 Å². The van der Waals surface area contributed by atoms with Gasteiger partial charge in [0, 0.05) is 11.5 Å². The maximum atomic E-state index is 11.3. The van der Waals surface area contributed by atoms with E-state index in [2.05, 4.69) is 0 Å². The highest BCUT2D eigenvalue weighted by Crippen LogP contribution is 2.23. The second-order valence-corrected chi connectivity index (χ2v) is 4.98. The van der Waals surface area contributed by atoms with E-state index in [1.807, 2.05) is 0 Å². The van der Waals surface area contributed by atoms with Crippen molar-refractivity contribution in [2.24, 2.45) is 0 Å². The predicted molar refractivity (Wildman–Crippen MR) is 62.3 cm³/mol. The molecule has 0 radical (unpaired) electrons. The van der Waals surface area contributed by atoms with Crippen LogP contribution in [-0.4, -0.2) is 43.7 Å². The Hall–Kier alpha value is -0.380. The smallest absolute Gasteiger partial charge is 0.261 e. The van der Waals surface area contributed by atoms with E-state index in [9.17, 15) is 26.3 Å². The summed E-state index contributed by atoms with van der Waals surface area (Å²) in [4.78, 5) is 16.3. The van der Waals surface area contributed by atoms with Gasteiger partial charge in [-0.3, -0.25) is 9.59 Å². The molecule has 0 aliphatic carbocycles. The first-order valence-corrected chi connectivity index (χ1v) is 6.45. The van der Waals surface area contributed by atoms with Crippen LogP contribution in [0.4, 0.5) is 26.3 Å². The number of hydrogen-bond donors (Lipinski definition) is 0. The molecule has 0 amide bonds. The quantitative estimate of drug-likeness (QED) is 0.576. The molecular weight excluding hydrogens is 306 g/mol. The molecule has 0 saturated heterocycles. The molecule has 0 saturated carbocycles. The average Bonchev–Trinajstić information content (AvgIpc) is 2.16. The normalized spacial score (nSPS) is 11.6. The number of halogens is 6. The van der Waals surface area contributed by atoms with Gasteiger partial charge in [-0.05, 0) is 23.5 Å². The van der Waals surface area contributed by atoms with E-state index in [0.29, 0.717) is 23.5 Å². The van der Waals surface area contributed by atoms with E-state index in [-0.39, 0.29) is 11.5 Å². The molecule has 0 fully saturated rings. The molecule has 2 N–H and O–H groups in total. The van der Waals surface area contributed by atoms with Crippen molar-refractivity contribution in [1.29, 1.82) is 0 Å². The average molecular weight is 318 g/mol. The van der Waals surface area contributed by atoms with E-state index in [4.69, 9.17) is 9.59 Å². The standard InChI is InChI=1S/2C4H5F3OS/c2*1-2-9-3(8)4(5,6)7/h2*2H2,1H3/p+2. The third kappa shape index (κ3) is 10.8. The minimum atomic E-state index is -4.55. The molecule has 10 heteroatoms. The van der Waals surface area contributed by atoms with Gasteiger partial charge >= 0.3 is 22.6 Å². The largest absolute Gasteiger partial charge is 0.516 e. The zero-order valence-electron chi connectivity index (χ0n) is 9.39. The highest BCUT2D eigenvalue weighted by molar-refractivity contribution is 8.14. The van der Waals surface area contributed by atoms with E-state index in [1.54, 1.807) is 0 Å². The monoisotopic (exact) mass is 318 g/mol. The molecule has 0 spiro atoms. The minimum Gasteiger partial charge on any atom is -0.261 e. The van der Waals surface area contributed by atoms with Crippen molar-refractivity contribution in [3.8, 4) is 0 Å². The lowest BCUT2D eigenvalue weighted by molar-refractivity contribution is -0.0613. The van der Waals surface area contributed by atoms with Crippen LogP contribution in [0.15, 0.2) is 0 Å². The molecule has 0 unspecified atom stereocenters. The second-order valence-electron chi connectivity index (χ2n) is 2.47. The topological polar surface area (TPSA) is 42.8 Å². The maximum absolute atomic E-state index is 11.3. The van der Waals surface area contributed by atoms with Crippen LogP contribution in [0.3, 0.4) is 0 Å². The molecular formula is C8H12F6O2S2+2. The van der Waals surface area contributed by atoms with Crippen LogP contribution in [0.1, 0.15) is 13.8 Å². The van der Waals surface area contributed by atoms with Crippen molar-refractivity contribution in [2.45, 2.75) is 26.2 Å². The van der Waals surface area contributed by atoms with Crippen molar-refractivity contribution in [1.82, 2.24) is 0 Å². The number of alkyl halides is 6. The number of thioether (sulfide) groups is 2. The van der Waals surface area contributed by atoms with Gasteiger partial charge in [0.25, 0.3) is 0 Å². The van der Waals surface area contributed by atoms with Gasteiger partial charge in [0.15, 0.2) is 0 Å². The number of carbonyl (C=O) groups excluding carboxylic acids is 2. The van der Waals surface area contributed by atoms with E-state index in [0.717, 1.165) is 0 Å². The fourth-order valence-corrected chi connectivity index (χ4v) is 1.31. The zero-order valence-corrected chi connectivity index (χ0v) is 11.0. The summed E-state index contributed by atoms with van der Waals surface area (Å²) >= 11 is 0.771. The molecule has 0 aromatic carbocycles. The second kappa shape index (κ2) is 8.68. The molecule has 18 heavy (non-hydrogen) atoms. The van der Waals surface area contributed by atoms with Crippen LogP contribution in [0, 0.1) is 0 Å². The van der Waals surface area contributed by atoms with Crippen molar-refractivity contribution in [3.63, 3.8) is 0 Å². The first-order valence-electron chi connectivity index (χ1n) is 4.48. The van der Waals surface area contributed by atoms with Gasteiger partial charge in [0.2, 0.25) is 0 Å². The third-order valence-corrected chi connectivity index (χ3v) is 2.63. The number of hydrogen-bond acceptors (Lipinski definition) is 2. The van der Waals surface area contributed by atoms with Crippen LogP contribution in [-0.2, 0) is 0 Å². The first-order chi connectivity index (χ1) is 7.96. The summed E-state index contributed by atoms with van der Waals surface area (Å²) < 4.78 is 68.0. The van der Waals surface area contributed by atoms with Gasteiger partial charge in [-0.2, -0.15) is 26.3 Å². The molecule has 0 bridgehead atoms. The Morgan fingerprint density at radius 3 is 1.06 bits per heavy atom. The summed E-state index contributed by atoms with van der Waals surface area (Å²) in [6, 6.07) is 0. The summed E-state index contributed by atoms with van der Waals surface area (Å²) in [5, 5.41) is -2.94. The molecule has 108 valence electrons. The highest BCUT2D eigenvalue weighted by atomic mass is 32.2. The molecule has 0 aliphatic rings. The Balaban J connectivity index is 0. The van der Waals surface area contributed by atoms with Gasteiger partial charge in [0.1, 0.15) is 0 Å². The SMILES string of the molecule is CCSC(=[OH+])C(F)(F)F.CCSC(=[OH+])C(F)(F)F. The summed E-state index contributed by atoms with van der Waals surface area (Å²) in [7, 11) is 0. The van der Waals surface area contributed by atoms with Gasteiger partial charge in [-0.15, -0.1) is 0 Å². The van der Waals surface area contributed by atoms with Gasteiger partial charge < -0.3 is 0 Å². The minimum absolute atomic E-state index is 0.228. The van der Waals surface area contributed by atoms with Crippen molar-refractivity contribution in [2.75, 3.05) is 11.5 Å². The van der Waals surface area contributed by atoms with Crippen molar-refractivity contribution in [3.05, 3.63) is 0 Å². The molecule has 0 heterocycles. The highest BCUT2D eigenvalue weighted by Gasteiger charge is 2.45. The Bertz CT molecular complexity index is 246. The van der Waals surface area contributed by atoms with Crippen LogP contribution in [0.25, 0.3) is 0 Å². The summed E-state index contributed by atoms with van der Waals surface area (Å²) in [5.41, 5.74) is 0. The number of rotatable bonds is 2. The van der Waals surface area contributed by atoms with Gasteiger partial charge in [0.05, 0.1) is 0 Å². The Morgan fingerprint density at radius 1 is 0.778 bits per heavy atom. The van der Waals surface area contributed by atoms with E-state index in [1.165, 1.54) is 13.8 Å². The maximum Gasteiger partial charge on any atom is 0.516 e. The lowest BCUT2D eigenvalue weighted by Gasteiger charge is -1.94. The molecule has 0 rings (SSSR count). The van der Waals surface area contributed by atoms with Crippen LogP contribution < -0.4 is 0 Å². The fraction of sp³-hybridized carbons (Fsp3) is 0.750. The van der Waals surface area contributed by atoms with Crippen LogP contribution >= 0.6 is 23.5 Å². The molecule has 0 aromatic heterocycles. The van der Waals surface area contributed by atoms with Gasteiger partial charge in [-0.25, -0.2) is 0 Å². The van der Waals surface area contributed by atoms with Crippen LogP contribution in [0.5, 0.6) is 0 Å². The zero-order chi connectivity index (χ0) is 15.0.